The number of carbonyl (C=O) groups excluding carboxylic acids is 2. The average molecular weight is 654 g/mol. The molecule has 2 atom stereocenters. The molecule has 1 aliphatic heterocycles. The predicted molar refractivity (Wildman–Crippen MR) is 171 cm³/mol. The number of carbonyl (C=O) groups is 2. The van der Waals surface area contributed by atoms with E-state index in [4.69, 9.17) is 14.7 Å². The van der Waals surface area contributed by atoms with E-state index in [9.17, 15) is 19.2 Å². The van der Waals surface area contributed by atoms with E-state index < -0.39 is 28.8 Å². The Morgan fingerprint density at radius 3 is 2.43 bits per heavy atom. The van der Waals surface area contributed by atoms with Crippen molar-refractivity contribution in [3.63, 3.8) is 0 Å². The van der Waals surface area contributed by atoms with Gasteiger partial charge in [-0.15, -0.1) is 4.80 Å². The van der Waals surface area contributed by atoms with Crippen molar-refractivity contribution in [1.82, 2.24) is 34.5 Å². The molecule has 15 heteroatoms. The number of hydrogen-bond donors (Lipinski definition) is 2. The van der Waals surface area contributed by atoms with Crippen LogP contribution in [0.4, 0.5) is 0 Å². The van der Waals surface area contributed by atoms with Gasteiger partial charge in [0.25, 0.3) is 11.5 Å². The van der Waals surface area contributed by atoms with Crippen LogP contribution in [0.25, 0.3) is 15.2 Å². The standard InChI is InChI=1S/C31H39N7O7S/c1-6-19(7-2)36-18-31(4,29(36)41)37-26(40)25-20(8-3)27(38-32-14-15-33-38)46-28(25)35(30(37)42)17-23(45-16-13-24(39)34-43)21-11-9-10-12-22(21)44-5/h9-12,14-15,19,23,43H,6-8,13,16-18H2,1-5H3,(H,34,39)/t23-,31?/m0/s1. The number of nitrogens with zero attached hydrogens (tertiary/aromatic N) is 6. The number of β-lactam (4-membered cyclic amide) rings is 1. The van der Waals surface area contributed by atoms with E-state index in [0.717, 1.165) is 17.4 Å². The quantitative estimate of drug-likeness (QED) is 0.118. The number of thiophene rings is 1. The molecule has 246 valence electrons. The third kappa shape index (κ3) is 5.62. The summed E-state index contributed by atoms with van der Waals surface area (Å²) in [5.74, 6) is -0.408. The number of benzene rings is 1. The van der Waals surface area contributed by atoms with Crippen molar-refractivity contribution < 1.29 is 24.3 Å². The number of methoxy groups -OCH3 is 1. The van der Waals surface area contributed by atoms with Crippen LogP contribution in [0, 0.1) is 0 Å². The molecule has 1 fully saturated rings. The van der Waals surface area contributed by atoms with Crippen molar-refractivity contribution in [3.05, 3.63) is 68.6 Å². The first kappa shape index (κ1) is 33.0. The van der Waals surface area contributed by atoms with Crippen LogP contribution >= 0.6 is 11.3 Å². The molecular weight excluding hydrogens is 614 g/mol. The highest BCUT2D eigenvalue weighted by Crippen LogP contribution is 2.37. The van der Waals surface area contributed by atoms with Crippen LogP contribution in [0.15, 0.2) is 46.2 Å². The Kier molecular flexibility index (Phi) is 9.74. The van der Waals surface area contributed by atoms with Crippen molar-refractivity contribution in [2.24, 2.45) is 0 Å². The molecule has 2 N–H and O–H groups in total. The number of ether oxygens (including phenoxy) is 2. The fourth-order valence-corrected chi connectivity index (χ4v) is 7.54. The molecule has 4 aromatic rings. The lowest BCUT2D eigenvalue weighted by molar-refractivity contribution is -0.161. The first-order valence-electron chi connectivity index (χ1n) is 15.3. The second-order valence-electron chi connectivity index (χ2n) is 11.3. The molecule has 1 aliphatic rings. The van der Waals surface area contributed by atoms with Gasteiger partial charge in [0, 0.05) is 17.2 Å². The third-order valence-corrected chi connectivity index (χ3v) is 9.91. The van der Waals surface area contributed by atoms with Gasteiger partial charge in [-0.2, -0.15) is 10.2 Å². The van der Waals surface area contributed by atoms with Crippen molar-refractivity contribution in [3.8, 4) is 10.8 Å². The van der Waals surface area contributed by atoms with Gasteiger partial charge >= 0.3 is 5.69 Å². The molecule has 5 rings (SSSR count). The molecule has 1 unspecified atom stereocenters. The smallest absolute Gasteiger partial charge is 0.333 e. The monoisotopic (exact) mass is 653 g/mol. The first-order chi connectivity index (χ1) is 22.1. The van der Waals surface area contributed by atoms with Gasteiger partial charge in [-0.1, -0.05) is 50.3 Å². The van der Waals surface area contributed by atoms with Crippen LogP contribution in [0.3, 0.4) is 0 Å². The highest BCUT2D eigenvalue weighted by atomic mass is 32.1. The van der Waals surface area contributed by atoms with E-state index in [0.29, 0.717) is 38.5 Å². The van der Waals surface area contributed by atoms with Gasteiger partial charge in [-0.05, 0) is 32.3 Å². The summed E-state index contributed by atoms with van der Waals surface area (Å²) < 4.78 is 14.4. The van der Waals surface area contributed by atoms with E-state index in [1.165, 1.54) is 40.2 Å². The molecular formula is C31H39N7O7S. The SMILES string of the molecule is CCc1c(-n2nccn2)sc2c1c(=O)n(C1(C)CN(C(CC)CC)C1=O)c(=O)n2C[C@H](OCCC(=O)NO)c1ccccc1OC. The maximum absolute atomic E-state index is 14.6. The Labute approximate surface area is 269 Å². The van der Waals surface area contributed by atoms with Gasteiger partial charge in [0.1, 0.15) is 27.2 Å². The number of rotatable bonds is 14. The number of aromatic nitrogens is 5. The molecule has 2 amide bonds. The van der Waals surface area contributed by atoms with Gasteiger partial charge in [-0.3, -0.25) is 24.2 Å². The molecule has 4 heterocycles. The molecule has 3 aromatic heterocycles. The highest BCUT2D eigenvalue weighted by molar-refractivity contribution is 7.21. The summed E-state index contributed by atoms with van der Waals surface area (Å²) in [6.07, 6.45) is 4.06. The number of hydroxylamine groups is 1. The van der Waals surface area contributed by atoms with Crippen LogP contribution in [0.2, 0.25) is 0 Å². The number of amides is 2. The second kappa shape index (κ2) is 13.6. The number of para-hydroxylation sites is 1. The Hall–Kier alpha value is -4.34. The minimum Gasteiger partial charge on any atom is -0.496 e. The Balaban J connectivity index is 1.73. The second-order valence-corrected chi connectivity index (χ2v) is 12.3. The van der Waals surface area contributed by atoms with Crippen LogP contribution in [0.1, 0.15) is 64.2 Å². The molecule has 1 saturated heterocycles. The summed E-state index contributed by atoms with van der Waals surface area (Å²) in [5, 5.41) is 18.5. The molecule has 0 aliphatic carbocycles. The molecule has 1 aromatic carbocycles. The largest absolute Gasteiger partial charge is 0.496 e. The molecule has 14 nitrogen and oxygen atoms in total. The lowest BCUT2D eigenvalue weighted by Gasteiger charge is -2.50. The maximum Gasteiger partial charge on any atom is 0.333 e. The number of aryl methyl sites for hydroxylation is 1. The van der Waals surface area contributed by atoms with Crippen LogP contribution in [-0.4, -0.2) is 72.4 Å². The minimum absolute atomic E-state index is 0.00604. The summed E-state index contributed by atoms with van der Waals surface area (Å²) in [4.78, 5) is 58.2. The Morgan fingerprint density at radius 2 is 1.83 bits per heavy atom. The normalized spacial score (nSPS) is 17.0. The summed E-state index contributed by atoms with van der Waals surface area (Å²) in [6, 6.07) is 7.16. The summed E-state index contributed by atoms with van der Waals surface area (Å²) >= 11 is 1.21. The van der Waals surface area contributed by atoms with Crippen molar-refractivity contribution in [1.29, 1.82) is 0 Å². The molecule has 0 radical (unpaired) electrons. The number of hydrogen-bond acceptors (Lipinski definition) is 10. The summed E-state index contributed by atoms with van der Waals surface area (Å²) in [5.41, 5.74) is 0.279. The number of likely N-dealkylation sites (tertiary alicyclic amines) is 1. The van der Waals surface area contributed by atoms with E-state index >= 15 is 0 Å². The third-order valence-electron chi connectivity index (χ3n) is 8.69. The lowest BCUT2D eigenvalue weighted by atomic mass is 9.87. The van der Waals surface area contributed by atoms with Gasteiger partial charge in [0.05, 0.1) is 51.0 Å². The zero-order chi connectivity index (χ0) is 33.2. The summed E-state index contributed by atoms with van der Waals surface area (Å²) in [6.45, 7) is 7.63. The van der Waals surface area contributed by atoms with Crippen LogP contribution in [0.5, 0.6) is 5.75 Å². The number of nitrogens with one attached hydrogen (secondary N) is 1. The Morgan fingerprint density at radius 1 is 1.13 bits per heavy atom. The van der Waals surface area contributed by atoms with Gasteiger partial charge in [0.2, 0.25) is 5.91 Å². The molecule has 46 heavy (non-hydrogen) atoms. The van der Waals surface area contributed by atoms with E-state index in [1.807, 2.05) is 20.8 Å². The molecule has 0 saturated carbocycles. The minimum atomic E-state index is -1.39. The molecule has 0 spiro atoms. The maximum atomic E-state index is 14.6. The average Bonchev–Trinajstić information content (AvgIpc) is 3.74. The van der Waals surface area contributed by atoms with Crippen molar-refractivity contribution in [2.75, 3.05) is 20.3 Å². The predicted octanol–water partition coefficient (Wildman–Crippen LogP) is 2.78. The van der Waals surface area contributed by atoms with Crippen LogP contribution in [-0.2, 0) is 32.8 Å². The number of fused-ring (bicyclic) bond motifs is 1. The summed E-state index contributed by atoms with van der Waals surface area (Å²) in [7, 11) is 1.52. The Bertz CT molecular complexity index is 1840. The van der Waals surface area contributed by atoms with E-state index in [2.05, 4.69) is 10.2 Å². The lowest BCUT2D eigenvalue weighted by Crippen LogP contribution is -2.72. The topological polar surface area (TPSA) is 163 Å². The van der Waals surface area contributed by atoms with Gasteiger partial charge in [-0.25, -0.2) is 14.8 Å². The van der Waals surface area contributed by atoms with Gasteiger partial charge < -0.3 is 14.4 Å². The zero-order valence-electron chi connectivity index (χ0n) is 26.6. The van der Waals surface area contributed by atoms with Crippen molar-refractivity contribution >= 4 is 33.4 Å². The highest BCUT2D eigenvalue weighted by Gasteiger charge is 2.53. The van der Waals surface area contributed by atoms with Gasteiger partial charge in [0.15, 0.2) is 0 Å². The van der Waals surface area contributed by atoms with E-state index in [1.54, 1.807) is 41.6 Å². The fraction of sp³-hybridized carbons (Fsp3) is 0.484. The fourth-order valence-electron chi connectivity index (χ4n) is 6.23. The van der Waals surface area contributed by atoms with Crippen LogP contribution < -0.4 is 21.5 Å². The van der Waals surface area contributed by atoms with Crippen molar-refractivity contribution in [2.45, 2.75) is 77.6 Å². The zero-order valence-corrected chi connectivity index (χ0v) is 27.4. The first-order valence-corrected chi connectivity index (χ1v) is 16.1. The van der Waals surface area contributed by atoms with E-state index in [-0.39, 0.29) is 38.1 Å². The molecule has 0 bridgehead atoms.